The standard InChI is InChI=1S/C25H27N3O5S/c1-17-6-3-8-20(14-17)28-34(32,33)22-11-10-18(2)23(16-22)25(31)27-13-5-12-26-24(30)19-7-4-9-21(29)15-19/h3-4,6-11,14-16,28-29H,5,12-13H2,1-2H3,(H,26,30)(H,27,31). The van der Waals surface area contributed by atoms with Gasteiger partial charge in [-0.05, 0) is 73.9 Å². The van der Waals surface area contributed by atoms with E-state index >= 15 is 0 Å². The molecule has 178 valence electrons. The number of aryl methyl sites for hydroxylation is 2. The van der Waals surface area contributed by atoms with Crippen molar-refractivity contribution in [1.82, 2.24) is 10.6 Å². The number of aromatic hydroxyl groups is 1. The molecule has 0 unspecified atom stereocenters. The van der Waals surface area contributed by atoms with E-state index in [4.69, 9.17) is 0 Å². The molecule has 0 fully saturated rings. The lowest BCUT2D eigenvalue weighted by Gasteiger charge is -2.12. The minimum atomic E-state index is -3.87. The maximum Gasteiger partial charge on any atom is 0.261 e. The Kier molecular flexibility index (Phi) is 7.91. The molecule has 34 heavy (non-hydrogen) atoms. The Bertz CT molecular complexity index is 1310. The van der Waals surface area contributed by atoms with Crippen LogP contribution in [0.25, 0.3) is 0 Å². The van der Waals surface area contributed by atoms with Crippen molar-refractivity contribution in [2.75, 3.05) is 17.8 Å². The van der Waals surface area contributed by atoms with E-state index < -0.39 is 15.9 Å². The van der Waals surface area contributed by atoms with Crippen LogP contribution in [0, 0.1) is 13.8 Å². The lowest BCUT2D eigenvalue weighted by Crippen LogP contribution is -2.30. The zero-order chi connectivity index (χ0) is 24.7. The number of phenolic OH excluding ortho intramolecular Hbond substituents is 1. The fourth-order valence-corrected chi connectivity index (χ4v) is 4.35. The third kappa shape index (κ3) is 6.58. The van der Waals surface area contributed by atoms with Gasteiger partial charge in [0.2, 0.25) is 0 Å². The first kappa shape index (κ1) is 24.8. The number of amides is 2. The highest BCUT2D eigenvalue weighted by Crippen LogP contribution is 2.20. The van der Waals surface area contributed by atoms with Gasteiger partial charge in [-0.2, -0.15) is 0 Å². The predicted molar refractivity (Wildman–Crippen MR) is 131 cm³/mol. The number of anilines is 1. The summed E-state index contributed by atoms with van der Waals surface area (Å²) in [5, 5.41) is 14.9. The highest BCUT2D eigenvalue weighted by molar-refractivity contribution is 7.92. The zero-order valence-corrected chi connectivity index (χ0v) is 19.8. The molecular formula is C25H27N3O5S. The molecule has 0 aliphatic heterocycles. The van der Waals surface area contributed by atoms with Crippen molar-refractivity contribution in [3.8, 4) is 5.75 Å². The fourth-order valence-electron chi connectivity index (χ4n) is 3.27. The topological polar surface area (TPSA) is 125 Å². The minimum absolute atomic E-state index is 0.00797. The van der Waals surface area contributed by atoms with E-state index in [9.17, 15) is 23.1 Å². The summed E-state index contributed by atoms with van der Waals surface area (Å²) in [4.78, 5) is 24.7. The van der Waals surface area contributed by atoms with Crippen molar-refractivity contribution in [3.63, 3.8) is 0 Å². The second-order valence-electron chi connectivity index (χ2n) is 7.87. The Balaban J connectivity index is 1.56. The molecule has 9 heteroatoms. The van der Waals surface area contributed by atoms with Crippen molar-refractivity contribution >= 4 is 27.5 Å². The SMILES string of the molecule is Cc1cccc(NS(=O)(=O)c2ccc(C)c(C(=O)NCCCNC(=O)c3cccc(O)c3)c2)c1. The molecule has 4 N–H and O–H groups in total. The number of benzene rings is 3. The van der Waals surface area contributed by atoms with E-state index in [1.807, 2.05) is 13.0 Å². The third-order valence-electron chi connectivity index (χ3n) is 5.07. The number of carbonyl (C=O) groups excluding carboxylic acids is 2. The van der Waals surface area contributed by atoms with Gasteiger partial charge < -0.3 is 15.7 Å². The number of nitrogens with one attached hydrogen (secondary N) is 3. The second-order valence-corrected chi connectivity index (χ2v) is 9.55. The Labute approximate surface area is 199 Å². The molecule has 0 atom stereocenters. The van der Waals surface area contributed by atoms with Gasteiger partial charge in [0, 0.05) is 29.9 Å². The molecule has 2 amide bonds. The van der Waals surface area contributed by atoms with Gasteiger partial charge in [0.15, 0.2) is 0 Å². The second kappa shape index (κ2) is 10.8. The molecule has 0 aromatic heterocycles. The Morgan fingerprint density at radius 1 is 0.853 bits per heavy atom. The number of phenols is 1. The van der Waals surface area contributed by atoms with E-state index in [0.29, 0.717) is 29.8 Å². The van der Waals surface area contributed by atoms with Gasteiger partial charge in [-0.1, -0.05) is 24.3 Å². The van der Waals surface area contributed by atoms with Crippen LogP contribution < -0.4 is 15.4 Å². The van der Waals surface area contributed by atoms with Crippen LogP contribution in [0.3, 0.4) is 0 Å². The first-order chi connectivity index (χ1) is 16.2. The van der Waals surface area contributed by atoms with Crippen molar-refractivity contribution in [1.29, 1.82) is 0 Å². The Hall–Kier alpha value is -3.85. The van der Waals surface area contributed by atoms with Gasteiger partial charge in [-0.3, -0.25) is 14.3 Å². The lowest BCUT2D eigenvalue weighted by atomic mass is 10.1. The van der Waals surface area contributed by atoms with E-state index in [1.54, 1.807) is 43.3 Å². The van der Waals surface area contributed by atoms with Gasteiger partial charge in [0.1, 0.15) is 5.75 Å². The van der Waals surface area contributed by atoms with Gasteiger partial charge in [0.05, 0.1) is 4.90 Å². The summed E-state index contributed by atoms with van der Waals surface area (Å²) in [6, 6.07) is 17.4. The summed E-state index contributed by atoms with van der Waals surface area (Å²) in [7, 11) is -3.87. The van der Waals surface area contributed by atoms with E-state index in [-0.39, 0.29) is 28.7 Å². The molecule has 0 aliphatic rings. The smallest absolute Gasteiger partial charge is 0.261 e. The van der Waals surface area contributed by atoms with Crippen LogP contribution in [-0.2, 0) is 10.0 Å². The van der Waals surface area contributed by atoms with Gasteiger partial charge in [0.25, 0.3) is 21.8 Å². The summed E-state index contributed by atoms with van der Waals surface area (Å²) < 4.78 is 28.1. The van der Waals surface area contributed by atoms with Crippen molar-refractivity contribution < 1.29 is 23.1 Å². The Morgan fingerprint density at radius 3 is 2.26 bits per heavy atom. The highest BCUT2D eigenvalue weighted by atomic mass is 32.2. The lowest BCUT2D eigenvalue weighted by molar-refractivity contribution is 0.0951. The predicted octanol–water partition coefficient (Wildman–Crippen LogP) is 3.36. The van der Waals surface area contributed by atoms with Gasteiger partial charge in [-0.15, -0.1) is 0 Å². The zero-order valence-electron chi connectivity index (χ0n) is 19.0. The molecule has 0 saturated heterocycles. The summed E-state index contributed by atoms with van der Waals surface area (Å²) in [6.07, 6.45) is 0.474. The fraction of sp³-hybridized carbons (Fsp3) is 0.200. The summed E-state index contributed by atoms with van der Waals surface area (Å²) in [6.45, 7) is 4.21. The molecule has 0 heterocycles. The summed E-state index contributed by atoms with van der Waals surface area (Å²) in [5.41, 5.74) is 2.61. The van der Waals surface area contributed by atoms with Crippen LogP contribution in [0.15, 0.2) is 71.6 Å². The average Bonchev–Trinajstić information content (AvgIpc) is 2.78. The largest absolute Gasteiger partial charge is 0.508 e. The maximum atomic E-state index is 12.8. The summed E-state index contributed by atoms with van der Waals surface area (Å²) >= 11 is 0. The molecule has 3 rings (SSSR count). The highest BCUT2D eigenvalue weighted by Gasteiger charge is 2.18. The van der Waals surface area contributed by atoms with Gasteiger partial charge in [-0.25, -0.2) is 8.42 Å². The molecule has 3 aromatic rings. The van der Waals surface area contributed by atoms with E-state index in [0.717, 1.165) is 5.56 Å². The van der Waals surface area contributed by atoms with Gasteiger partial charge >= 0.3 is 0 Å². The van der Waals surface area contributed by atoms with E-state index in [2.05, 4.69) is 15.4 Å². The molecule has 0 saturated carbocycles. The number of hydrogen-bond acceptors (Lipinski definition) is 5. The van der Waals surface area contributed by atoms with Crippen LogP contribution in [0.4, 0.5) is 5.69 Å². The number of carbonyl (C=O) groups is 2. The summed E-state index contributed by atoms with van der Waals surface area (Å²) in [5.74, 6) is -0.713. The third-order valence-corrected chi connectivity index (χ3v) is 6.45. The van der Waals surface area contributed by atoms with Crippen molar-refractivity contribution in [2.45, 2.75) is 25.2 Å². The average molecular weight is 482 g/mol. The molecule has 3 aromatic carbocycles. The van der Waals surface area contributed by atoms with Crippen LogP contribution in [-0.4, -0.2) is 38.4 Å². The molecule has 0 radical (unpaired) electrons. The molecule has 8 nitrogen and oxygen atoms in total. The molecule has 0 bridgehead atoms. The number of hydrogen-bond donors (Lipinski definition) is 4. The first-order valence-corrected chi connectivity index (χ1v) is 12.2. The van der Waals surface area contributed by atoms with Crippen LogP contribution in [0.5, 0.6) is 5.75 Å². The molecular weight excluding hydrogens is 454 g/mol. The first-order valence-electron chi connectivity index (χ1n) is 10.7. The Morgan fingerprint density at radius 2 is 1.56 bits per heavy atom. The monoisotopic (exact) mass is 481 g/mol. The minimum Gasteiger partial charge on any atom is -0.508 e. The van der Waals surface area contributed by atoms with Crippen molar-refractivity contribution in [3.05, 3.63) is 89.0 Å². The van der Waals surface area contributed by atoms with Crippen molar-refractivity contribution in [2.24, 2.45) is 0 Å². The maximum absolute atomic E-state index is 12.8. The number of rotatable bonds is 9. The molecule has 0 spiro atoms. The number of sulfonamides is 1. The van der Waals surface area contributed by atoms with Crippen LogP contribution in [0.2, 0.25) is 0 Å². The molecule has 0 aliphatic carbocycles. The van der Waals surface area contributed by atoms with Crippen LogP contribution in [0.1, 0.15) is 38.3 Å². The normalized spacial score (nSPS) is 11.0. The van der Waals surface area contributed by atoms with E-state index in [1.165, 1.54) is 24.3 Å². The van der Waals surface area contributed by atoms with Crippen LogP contribution >= 0.6 is 0 Å². The quantitative estimate of drug-likeness (QED) is 0.349.